The number of phenolic OH excluding ortho intramolecular Hbond substituents is 1. The molecule has 92 valence electrons. The lowest BCUT2D eigenvalue weighted by atomic mass is 9.77. The van der Waals surface area contributed by atoms with E-state index in [1.54, 1.807) is 12.1 Å². The van der Waals surface area contributed by atoms with Crippen LogP contribution in [-0.4, -0.2) is 21.3 Å². The molecule has 0 amide bonds. The van der Waals surface area contributed by atoms with Crippen molar-refractivity contribution in [2.45, 2.75) is 31.8 Å². The van der Waals surface area contributed by atoms with Gasteiger partial charge in [-0.25, -0.2) is 0 Å². The highest BCUT2D eigenvalue weighted by Gasteiger charge is 2.48. The van der Waals surface area contributed by atoms with Gasteiger partial charge in [0.2, 0.25) is 0 Å². The number of benzene rings is 1. The van der Waals surface area contributed by atoms with E-state index < -0.39 is 17.5 Å². The van der Waals surface area contributed by atoms with Gasteiger partial charge in [0.15, 0.2) is 0 Å². The largest absolute Gasteiger partial charge is 0.508 e. The fourth-order valence-corrected chi connectivity index (χ4v) is 2.62. The minimum absolute atomic E-state index is 0.0417. The maximum Gasteiger partial charge on any atom is 0.312 e. The van der Waals surface area contributed by atoms with Crippen molar-refractivity contribution in [3.63, 3.8) is 0 Å². The number of aromatic hydroxyl groups is 1. The van der Waals surface area contributed by atoms with Gasteiger partial charge in [0.05, 0.1) is 11.5 Å². The van der Waals surface area contributed by atoms with Gasteiger partial charge in [-0.1, -0.05) is 25.0 Å². The average Bonchev–Trinajstić information content (AvgIpc) is 2.78. The number of hydrogen-bond donors (Lipinski definition) is 3. The first-order valence-electron chi connectivity index (χ1n) is 5.77. The number of aliphatic hydroxyl groups is 1. The number of rotatable bonds is 3. The summed E-state index contributed by atoms with van der Waals surface area (Å²) in [6.07, 6.45) is 1.55. The summed E-state index contributed by atoms with van der Waals surface area (Å²) in [7, 11) is 0. The van der Waals surface area contributed by atoms with Gasteiger partial charge in [0.25, 0.3) is 0 Å². The molecule has 0 radical (unpaired) electrons. The van der Waals surface area contributed by atoms with E-state index in [0.717, 1.165) is 12.8 Å². The second kappa shape index (κ2) is 4.37. The van der Waals surface area contributed by atoms with Crippen LogP contribution in [0.5, 0.6) is 5.75 Å². The van der Waals surface area contributed by atoms with Crippen molar-refractivity contribution in [3.05, 3.63) is 29.8 Å². The topological polar surface area (TPSA) is 77.8 Å². The van der Waals surface area contributed by atoms with E-state index in [1.165, 1.54) is 12.1 Å². The quantitative estimate of drug-likeness (QED) is 0.750. The fourth-order valence-electron chi connectivity index (χ4n) is 2.62. The zero-order valence-electron chi connectivity index (χ0n) is 9.47. The Hall–Kier alpha value is -1.55. The predicted octanol–water partition coefficient (Wildman–Crippen LogP) is 2.07. The second-order valence-corrected chi connectivity index (χ2v) is 4.67. The third-order valence-electron chi connectivity index (χ3n) is 3.63. The molecule has 1 saturated carbocycles. The molecular formula is C13H16O4. The summed E-state index contributed by atoms with van der Waals surface area (Å²) in [5.74, 6) is -0.911. The Kier molecular flexibility index (Phi) is 3.07. The van der Waals surface area contributed by atoms with Gasteiger partial charge in [-0.15, -0.1) is 0 Å². The van der Waals surface area contributed by atoms with Gasteiger partial charge in [0, 0.05) is 0 Å². The van der Waals surface area contributed by atoms with Crippen molar-refractivity contribution in [2.24, 2.45) is 5.41 Å². The third-order valence-corrected chi connectivity index (χ3v) is 3.63. The standard InChI is InChI=1S/C13H16O4/c14-10-5-3-4-9(8-10)11(15)13(12(16)17)6-1-2-7-13/h3-5,8,11,14-15H,1-2,6-7H2,(H,16,17). The second-order valence-electron chi connectivity index (χ2n) is 4.67. The average molecular weight is 236 g/mol. The number of carbonyl (C=O) groups is 1. The molecule has 0 spiro atoms. The van der Waals surface area contributed by atoms with E-state index in [1.807, 2.05) is 0 Å². The maximum atomic E-state index is 11.4. The molecule has 1 aliphatic carbocycles. The Balaban J connectivity index is 2.35. The summed E-state index contributed by atoms with van der Waals surface area (Å²) in [6.45, 7) is 0. The molecule has 1 fully saturated rings. The molecule has 4 nitrogen and oxygen atoms in total. The first-order chi connectivity index (χ1) is 8.06. The Bertz CT molecular complexity index is 421. The molecule has 1 aromatic carbocycles. The zero-order chi connectivity index (χ0) is 12.5. The third kappa shape index (κ3) is 2.00. The van der Waals surface area contributed by atoms with E-state index in [4.69, 9.17) is 0 Å². The Morgan fingerprint density at radius 1 is 1.29 bits per heavy atom. The van der Waals surface area contributed by atoms with Gasteiger partial charge in [-0.05, 0) is 30.5 Å². The molecule has 0 bridgehead atoms. The van der Waals surface area contributed by atoms with Crippen molar-refractivity contribution in [3.8, 4) is 5.75 Å². The van der Waals surface area contributed by atoms with E-state index in [2.05, 4.69) is 0 Å². The van der Waals surface area contributed by atoms with E-state index in [-0.39, 0.29) is 5.75 Å². The lowest BCUT2D eigenvalue weighted by molar-refractivity contribution is -0.156. The summed E-state index contributed by atoms with van der Waals surface area (Å²) < 4.78 is 0. The first kappa shape index (κ1) is 11.9. The summed E-state index contributed by atoms with van der Waals surface area (Å²) in [5.41, 5.74) is -0.623. The number of hydrogen-bond acceptors (Lipinski definition) is 3. The van der Waals surface area contributed by atoms with Crippen molar-refractivity contribution >= 4 is 5.97 Å². The monoisotopic (exact) mass is 236 g/mol. The van der Waals surface area contributed by atoms with Crippen LogP contribution in [-0.2, 0) is 4.79 Å². The molecule has 1 unspecified atom stereocenters. The molecule has 0 saturated heterocycles. The van der Waals surface area contributed by atoms with Gasteiger partial charge in [0.1, 0.15) is 5.75 Å². The lowest BCUT2D eigenvalue weighted by Gasteiger charge is -2.30. The van der Waals surface area contributed by atoms with Gasteiger partial charge in [-0.3, -0.25) is 4.79 Å². The van der Waals surface area contributed by atoms with Crippen molar-refractivity contribution in [1.82, 2.24) is 0 Å². The lowest BCUT2D eigenvalue weighted by Crippen LogP contribution is -2.34. The summed E-state index contributed by atoms with van der Waals surface area (Å²) in [5, 5.41) is 29.0. The number of carboxylic acid groups (broad SMARTS) is 1. The van der Waals surface area contributed by atoms with Crippen LogP contribution in [0.4, 0.5) is 0 Å². The minimum atomic E-state index is -1.09. The molecule has 0 heterocycles. The Labute approximate surface area is 99.5 Å². The molecule has 17 heavy (non-hydrogen) atoms. The molecule has 0 aromatic heterocycles. The highest BCUT2D eigenvalue weighted by atomic mass is 16.4. The molecule has 2 rings (SSSR count). The van der Waals surface area contributed by atoms with Crippen LogP contribution in [0.25, 0.3) is 0 Å². The minimum Gasteiger partial charge on any atom is -0.508 e. The number of aliphatic carboxylic acids is 1. The normalized spacial score (nSPS) is 20.1. The van der Waals surface area contributed by atoms with Crippen LogP contribution in [0.1, 0.15) is 37.4 Å². The van der Waals surface area contributed by atoms with E-state index >= 15 is 0 Å². The molecule has 3 N–H and O–H groups in total. The number of carboxylic acids is 1. The van der Waals surface area contributed by atoms with Crippen LogP contribution in [0.3, 0.4) is 0 Å². The molecule has 1 atom stereocenters. The summed E-state index contributed by atoms with van der Waals surface area (Å²) >= 11 is 0. The molecule has 1 aromatic rings. The smallest absolute Gasteiger partial charge is 0.312 e. The fraction of sp³-hybridized carbons (Fsp3) is 0.462. The number of aliphatic hydroxyl groups excluding tert-OH is 1. The van der Waals surface area contributed by atoms with Crippen molar-refractivity contribution < 1.29 is 20.1 Å². The van der Waals surface area contributed by atoms with E-state index in [9.17, 15) is 20.1 Å². The van der Waals surface area contributed by atoms with Crippen LogP contribution in [0, 0.1) is 5.41 Å². The predicted molar refractivity (Wildman–Crippen MR) is 61.6 cm³/mol. The molecule has 4 heteroatoms. The van der Waals surface area contributed by atoms with Gasteiger partial charge in [-0.2, -0.15) is 0 Å². The van der Waals surface area contributed by atoms with Crippen LogP contribution in [0.15, 0.2) is 24.3 Å². The zero-order valence-corrected chi connectivity index (χ0v) is 9.47. The SMILES string of the molecule is O=C(O)C1(C(O)c2cccc(O)c2)CCCC1. The summed E-state index contributed by atoms with van der Waals surface area (Å²) in [6, 6.07) is 6.18. The Morgan fingerprint density at radius 3 is 2.47 bits per heavy atom. The van der Waals surface area contributed by atoms with Crippen LogP contribution >= 0.6 is 0 Å². The molecular weight excluding hydrogens is 220 g/mol. The van der Waals surface area contributed by atoms with Gasteiger partial charge >= 0.3 is 5.97 Å². The number of phenols is 1. The summed E-state index contributed by atoms with van der Waals surface area (Å²) in [4.78, 5) is 11.4. The van der Waals surface area contributed by atoms with Crippen molar-refractivity contribution in [1.29, 1.82) is 0 Å². The Morgan fingerprint density at radius 2 is 1.94 bits per heavy atom. The van der Waals surface area contributed by atoms with E-state index in [0.29, 0.717) is 18.4 Å². The van der Waals surface area contributed by atoms with Gasteiger partial charge < -0.3 is 15.3 Å². The van der Waals surface area contributed by atoms with Crippen LogP contribution < -0.4 is 0 Å². The van der Waals surface area contributed by atoms with Crippen LogP contribution in [0.2, 0.25) is 0 Å². The van der Waals surface area contributed by atoms with Crippen molar-refractivity contribution in [2.75, 3.05) is 0 Å². The maximum absolute atomic E-state index is 11.4. The first-order valence-corrected chi connectivity index (χ1v) is 5.77. The highest BCUT2D eigenvalue weighted by molar-refractivity contribution is 5.76. The molecule has 1 aliphatic rings. The highest BCUT2D eigenvalue weighted by Crippen LogP contribution is 2.48. The molecule has 0 aliphatic heterocycles.